The van der Waals surface area contributed by atoms with Crippen LogP contribution in [0.3, 0.4) is 0 Å². The monoisotopic (exact) mass is 491 g/mol. The van der Waals surface area contributed by atoms with Crippen molar-refractivity contribution in [2.24, 2.45) is 23.3 Å². The zero-order valence-corrected chi connectivity index (χ0v) is 20.6. The Hall–Kier alpha value is -3.47. The van der Waals surface area contributed by atoms with Gasteiger partial charge in [0.15, 0.2) is 0 Å². The van der Waals surface area contributed by atoms with E-state index in [2.05, 4.69) is 16.0 Å². The summed E-state index contributed by atoms with van der Waals surface area (Å²) >= 11 is 0. The van der Waals surface area contributed by atoms with Gasteiger partial charge in [-0.3, -0.25) is 19.2 Å². The number of rotatable bonds is 14. The number of benzene rings is 1. The van der Waals surface area contributed by atoms with Crippen LogP contribution in [0.2, 0.25) is 0 Å². The van der Waals surface area contributed by atoms with E-state index in [1.807, 2.05) is 19.9 Å². The maximum absolute atomic E-state index is 13.0. The molecule has 4 amide bonds. The van der Waals surface area contributed by atoms with Gasteiger partial charge in [0.2, 0.25) is 23.6 Å². The second-order valence-electron chi connectivity index (χ2n) is 9.29. The molecule has 35 heavy (non-hydrogen) atoms. The largest absolute Gasteiger partial charge is 0.480 e. The predicted molar refractivity (Wildman–Crippen MR) is 130 cm³/mol. The quantitative estimate of drug-likeness (QED) is 0.205. The zero-order chi connectivity index (χ0) is 26.7. The van der Waals surface area contributed by atoms with Crippen molar-refractivity contribution < 1.29 is 29.1 Å². The molecular weight excluding hydrogens is 454 g/mol. The molecule has 0 saturated carbocycles. The Morgan fingerprint density at radius 3 is 1.89 bits per heavy atom. The highest BCUT2D eigenvalue weighted by molar-refractivity contribution is 5.96. The topological polar surface area (TPSA) is 194 Å². The standard InChI is InChI=1S/C24H37N5O6/c1-13(2)10-17(23(33)29-20(14(3)4)24(34)35)28-22(32)18(12-19(26)30)27-21(31)16(25)11-15-8-6-5-7-9-15/h5-9,13-14,16-18,20H,10-12,25H2,1-4H3,(H2,26,30)(H,27,31)(H,28,32)(H,29,33)(H,34,35). The Kier molecular flexibility index (Phi) is 11.9. The first-order chi connectivity index (χ1) is 16.3. The summed E-state index contributed by atoms with van der Waals surface area (Å²) in [5, 5.41) is 16.8. The van der Waals surface area contributed by atoms with E-state index in [4.69, 9.17) is 11.5 Å². The van der Waals surface area contributed by atoms with Gasteiger partial charge in [-0.1, -0.05) is 58.0 Å². The summed E-state index contributed by atoms with van der Waals surface area (Å²) in [4.78, 5) is 61.5. The normalized spacial score (nSPS) is 14.5. The molecule has 4 unspecified atom stereocenters. The molecule has 0 fully saturated rings. The van der Waals surface area contributed by atoms with Gasteiger partial charge in [-0.25, -0.2) is 4.79 Å². The minimum atomic E-state index is -1.36. The van der Waals surface area contributed by atoms with E-state index in [0.29, 0.717) is 0 Å². The van der Waals surface area contributed by atoms with Crippen LogP contribution in [0, 0.1) is 11.8 Å². The van der Waals surface area contributed by atoms with Crippen molar-refractivity contribution >= 4 is 29.6 Å². The van der Waals surface area contributed by atoms with Crippen molar-refractivity contribution in [1.29, 1.82) is 0 Å². The Balaban J connectivity index is 2.97. The molecule has 0 aliphatic rings. The van der Waals surface area contributed by atoms with Crippen molar-refractivity contribution in [3.63, 3.8) is 0 Å². The molecule has 0 heterocycles. The van der Waals surface area contributed by atoms with Crippen LogP contribution in [0.15, 0.2) is 30.3 Å². The van der Waals surface area contributed by atoms with E-state index in [0.717, 1.165) is 5.56 Å². The number of amides is 4. The lowest BCUT2D eigenvalue weighted by atomic mass is 10.00. The summed E-state index contributed by atoms with van der Waals surface area (Å²) in [6.45, 7) is 6.95. The maximum Gasteiger partial charge on any atom is 0.326 e. The molecule has 1 rings (SSSR count). The van der Waals surface area contributed by atoms with Gasteiger partial charge in [0, 0.05) is 0 Å². The minimum absolute atomic E-state index is 0.0307. The molecule has 0 spiro atoms. The molecule has 0 aromatic heterocycles. The van der Waals surface area contributed by atoms with Crippen molar-refractivity contribution in [1.82, 2.24) is 16.0 Å². The highest BCUT2D eigenvalue weighted by atomic mass is 16.4. The molecule has 11 nitrogen and oxygen atoms in total. The van der Waals surface area contributed by atoms with Crippen LogP contribution >= 0.6 is 0 Å². The number of carboxylic acid groups (broad SMARTS) is 1. The summed E-state index contributed by atoms with van der Waals surface area (Å²) in [5.74, 6) is -4.60. The molecule has 0 aliphatic heterocycles. The van der Waals surface area contributed by atoms with E-state index in [1.165, 1.54) is 0 Å². The molecular formula is C24H37N5O6. The first kappa shape index (κ1) is 29.6. The van der Waals surface area contributed by atoms with Crippen molar-refractivity contribution in [3.05, 3.63) is 35.9 Å². The third-order valence-electron chi connectivity index (χ3n) is 5.24. The molecule has 0 bridgehead atoms. The van der Waals surface area contributed by atoms with Gasteiger partial charge in [0.05, 0.1) is 12.5 Å². The van der Waals surface area contributed by atoms with Gasteiger partial charge in [-0.2, -0.15) is 0 Å². The third kappa shape index (κ3) is 10.6. The van der Waals surface area contributed by atoms with Crippen molar-refractivity contribution in [3.8, 4) is 0 Å². The first-order valence-electron chi connectivity index (χ1n) is 11.5. The Labute approximate surface area is 205 Å². The average molecular weight is 492 g/mol. The molecule has 1 aromatic rings. The van der Waals surface area contributed by atoms with Crippen LogP contribution in [-0.2, 0) is 30.4 Å². The molecule has 0 saturated heterocycles. The number of carbonyl (C=O) groups excluding carboxylic acids is 4. The van der Waals surface area contributed by atoms with Gasteiger partial charge < -0.3 is 32.5 Å². The number of carboxylic acids is 1. The molecule has 1 aromatic carbocycles. The molecule has 4 atom stereocenters. The van der Waals surface area contributed by atoms with E-state index in [9.17, 15) is 29.1 Å². The Bertz CT molecular complexity index is 890. The molecule has 11 heteroatoms. The van der Waals surface area contributed by atoms with E-state index in [-0.39, 0.29) is 24.7 Å². The maximum atomic E-state index is 13.0. The highest BCUT2D eigenvalue weighted by Crippen LogP contribution is 2.09. The minimum Gasteiger partial charge on any atom is -0.480 e. The molecule has 0 radical (unpaired) electrons. The van der Waals surface area contributed by atoms with Crippen LogP contribution in [0.1, 0.15) is 46.1 Å². The molecule has 194 valence electrons. The average Bonchev–Trinajstić information content (AvgIpc) is 2.75. The SMILES string of the molecule is CC(C)CC(NC(=O)C(CC(N)=O)NC(=O)C(N)Cc1ccccc1)C(=O)NC(C(=O)O)C(C)C. The molecule has 8 N–H and O–H groups in total. The van der Waals surface area contributed by atoms with Crippen LogP contribution in [0.25, 0.3) is 0 Å². The van der Waals surface area contributed by atoms with Gasteiger partial charge in [-0.05, 0) is 30.2 Å². The Morgan fingerprint density at radius 2 is 1.40 bits per heavy atom. The van der Waals surface area contributed by atoms with Crippen LogP contribution in [0.5, 0.6) is 0 Å². The first-order valence-corrected chi connectivity index (χ1v) is 11.5. The number of hydrogen-bond donors (Lipinski definition) is 6. The van der Waals surface area contributed by atoms with E-state index < -0.39 is 60.2 Å². The van der Waals surface area contributed by atoms with Gasteiger partial charge in [-0.15, -0.1) is 0 Å². The lowest BCUT2D eigenvalue weighted by molar-refractivity contribution is -0.143. The van der Waals surface area contributed by atoms with Crippen LogP contribution in [0.4, 0.5) is 0 Å². The summed E-state index contributed by atoms with van der Waals surface area (Å²) in [6, 6.07) is 4.46. The Morgan fingerprint density at radius 1 is 0.857 bits per heavy atom. The second kappa shape index (κ2) is 14.1. The number of nitrogens with two attached hydrogens (primary N) is 2. The van der Waals surface area contributed by atoms with Crippen molar-refractivity contribution in [2.45, 2.75) is 71.1 Å². The molecule has 0 aliphatic carbocycles. The van der Waals surface area contributed by atoms with Crippen molar-refractivity contribution in [2.75, 3.05) is 0 Å². The third-order valence-corrected chi connectivity index (χ3v) is 5.24. The fourth-order valence-corrected chi connectivity index (χ4v) is 3.39. The van der Waals surface area contributed by atoms with Gasteiger partial charge in [0.25, 0.3) is 0 Å². The summed E-state index contributed by atoms with van der Waals surface area (Å²) in [5.41, 5.74) is 12.1. The predicted octanol–water partition coefficient (Wildman–Crippen LogP) is -0.327. The number of carbonyl (C=O) groups is 5. The van der Waals surface area contributed by atoms with E-state index >= 15 is 0 Å². The van der Waals surface area contributed by atoms with Crippen LogP contribution < -0.4 is 27.4 Å². The lowest BCUT2D eigenvalue weighted by Crippen LogP contribution is -2.58. The number of hydrogen-bond acceptors (Lipinski definition) is 6. The van der Waals surface area contributed by atoms with Gasteiger partial charge in [0.1, 0.15) is 18.1 Å². The number of aliphatic carboxylic acids is 1. The number of nitrogens with one attached hydrogen (secondary N) is 3. The summed E-state index contributed by atoms with van der Waals surface area (Å²) in [7, 11) is 0. The van der Waals surface area contributed by atoms with Gasteiger partial charge >= 0.3 is 5.97 Å². The highest BCUT2D eigenvalue weighted by Gasteiger charge is 2.32. The lowest BCUT2D eigenvalue weighted by Gasteiger charge is -2.26. The summed E-state index contributed by atoms with van der Waals surface area (Å²) in [6.07, 6.45) is -0.0934. The smallest absolute Gasteiger partial charge is 0.326 e. The number of primary amides is 1. The van der Waals surface area contributed by atoms with E-state index in [1.54, 1.807) is 38.1 Å². The zero-order valence-electron chi connectivity index (χ0n) is 20.6. The fraction of sp³-hybridized carbons (Fsp3) is 0.542. The second-order valence-corrected chi connectivity index (χ2v) is 9.29. The summed E-state index contributed by atoms with van der Waals surface area (Å²) < 4.78 is 0. The van der Waals surface area contributed by atoms with Crippen LogP contribution in [-0.4, -0.2) is 58.9 Å². The fourth-order valence-electron chi connectivity index (χ4n) is 3.39.